The Morgan fingerprint density at radius 2 is 1.80 bits per heavy atom. The van der Waals surface area contributed by atoms with Crippen LogP contribution in [-0.4, -0.2) is 52.4 Å². The molecule has 0 radical (unpaired) electrons. The SMILES string of the molecule is COCCN(Cc1cccc(-c2cc3nccc(Oc4ccc(NC(=S)NC(=O)Cc5ccccc5)cc4F)c3s2)c1)C(=O)O. The number of amides is 2. The van der Waals surface area contributed by atoms with Crippen LogP contribution in [0.2, 0.25) is 0 Å². The molecule has 0 bridgehead atoms. The van der Waals surface area contributed by atoms with Crippen LogP contribution in [0.15, 0.2) is 91.1 Å². The summed E-state index contributed by atoms with van der Waals surface area (Å²) in [5, 5.41) is 15.0. The number of carbonyl (C=O) groups excluding carboxylic acids is 1. The van der Waals surface area contributed by atoms with Crippen molar-refractivity contribution in [2.45, 2.75) is 13.0 Å². The lowest BCUT2D eigenvalue weighted by Gasteiger charge is -2.19. The molecular formula is C33H29FN4O5S2. The number of benzene rings is 3. The molecule has 5 aromatic rings. The lowest BCUT2D eigenvalue weighted by Crippen LogP contribution is -2.35. The van der Waals surface area contributed by atoms with Gasteiger partial charge in [-0.2, -0.15) is 0 Å². The Kier molecular flexibility index (Phi) is 10.3. The molecule has 0 aliphatic rings. The molecule has 2 aromatic heterocycles. The molecule has 0 unspecified atom stereocenters. The topological polar surface area (TPSA) is 113 Å². The molecule has 0 saturated carbocycles. The predicted molar refractivity (Wildman–Crippen MR) is 176 cm³/mol. The van der Waals surface area contributed by atoms with Gasteiger partial charge in [-0.15, -0.1) is 11.3 Å². The maximum Gasteiger partial charge on any atom is 0.407 e. The first-order valence-electron chi connectivity index (χ1n) is 13.9. The van der Waals surface area contributed by atoms with Gasteiger partial charge in [-0.1, -0.05) is 48.5 Å². The number of ether oxygens (including phenoxy) is 2. The number of nitrogens with one attached hydrogen (secondary N) is 2. The Morgan fingerprint density at radius 1 is 1.00 bits per heavy atom. The molecule has 2 amide bonds. The van der Waals surface area contributed by atoms with Crippen molar-refractivity contribution in [3.63, 3.8) is 0 Å². The van der Waals surface area contributed by atoms with E-state index >= 15 is 4.39 Å². The minimum Gasteiger partial charge on any atom is -0.465 e. The van der Waals surface area contributed by atoms with Crippen molar-refractivity contribution in [3.8, 4) is 21.9 Å². The average molecular weight is 645 g/mol. The zero-order chi connectivity index (χ0) is 31.8. The highest BCUT2D eigenvalue weighted by Crippen LogP contribution is 2.40. The smallest absolute Gasteiger partial charge is 0.407 e. The molecule has 0 fully saturated rings. The largest absolute Gasteiger partial charge is 0.465 e. The zero-order valence-corrected chi connectivity index (χ0v) is 25.8. The number of hydrogen-bond acceptors (Lipinski definition) is 7. The second kappa shape index (κ2) is 14.7. The van der Waals surface area contributed by atoms with Gasteiger partial charge >= 0.3 is 6.09 Å². The minimum absolute atomic E-state index is 0.00819. The summed E-state index contributed by atoms with van der Waals surface area (Å²) in [6.07, 6.45) is 0.739. The van der Waals surface area contributed by atoms with Gasteiger partial charge in [-0.05, 0) is 53.2 Å². The Hall–Kier alpha value is -4.91. The zero-order valence-electron chi connectivity index (χ0n) is 24.2. The number of aromatic nitrogens is 1. The van der Waals surface area contributed by atoms with Crippen molar-refractivity contribution in [1.82, 2.24) is 15.2 Å². The van der Waals surface area contributed by atoms with Crippen LogP contribution in [0.4, 0.5) is 14.9 Å². The van der Waals surface area contributed by atoms with Crippen LogP contribution in [-0.2, 0) is 22.5 Å². The molecule has 0 spiro atoms. The number of nitrogens with zero attached hydrogens (tertiary/aromatic N) is 2. The molecule has 2 heterocycles. The average Bonchev–Trinajstić information content (AvgIpc) is 3.46. The molecule has 9 nitrogen and oxygen atoms in total. The fourth-order valence-electron chi connectivity index (χ4n) is 4.52. The van der Waals surface area contributed by atoms with Crippen molar-refractivity contribution >= 4 is 56.6 Å². The Bertz CT molecular complexity index is 1830. The first-order valence-corrected chi connectivity index (χ1v) is 15.1. The Morgan fingerprint density at radius 3 is 2.56 bits per heavy atom. The normalized spacial score (nSPS) is 10.8. The molecule has 0 atom stereocenters. The number of methoxy groups -OCH3 is 1. The van der Waals surface area contributed by atoms with E-state index in [1.54, 1.807) is 18.3 Å². The van der Waals surface area contributed by atoms with Gasteiger partial charge < -0.3 is 30.1 Å². The summed E-state index contributed by atoms with van der Waals surface area (Å²) in [4.78, 5) is 30.6. The van der Waals surface area contributed by atoms with Crippen LogP contribution in [0, 0.1) is 5.82 Å². The maximum atomic E-state index is 15.1. The summed E-state index contributed by atoms with van der Waals surface area (Å²) < 4.78 is 26.9. The monoisotopic (exact) mass is 644 g/mol. The molecule has 0 aliphatic carbocycles. The number of anilines is 1. The first-order chi connectivity index (χ1) is 21.8. The summed E-state index contributed by atoms with van der Waals surface area (Å²) in [5.41, 5.74) is 3.61. The Balaban J connectivity index is 1.27. The highest BCUT2D eigenvalue weighted by molar-refractivity contribution is 7.80. The molecule has 3 N–H and O–H groups in total. The van der Waals surface area contributed by atoms with Gasteiger partial charge in [0.25, 0.3) is 0 Å². The molecule has 45 heavy (non-hydrogen) atoms. The fourth-order valence-corrected chi connectivity index (χ4v) is 5.81. The van der Waals surface area contributed by atoms with Crippen LogP contribution in [0.25, 0.3) is 20.7 Å². The minimum atomic E-state index is -1.02. The van der Waals surface area contributed by atoms with E-state index in [1.165, 1.54) is 35.5 Å². The van der Waals surface area contributed by atoms with Crippen molar-refractivity contribution < 1.29 is 28.6 Å². The number of carboxylic acid groups (broad SMARTS) is 1. The van der Waals surface area contributed by atoms with Gasteiger partial charge in [0.2, 0.25) is 5.91 Å². The third kappa shape index (κ3) is 8.38. The van der Waals surface area contributed by atoms with E-state index in [9.17, 15) is 14.7 Å². The van der Waals surface area contributed by atoms with E-state index in [1.807, 2.05) is 60.7 Å². The van der Waals surface area contributed by atoms with E-state index in [0.717, 1.165) is 26.3 Å². The molecule has 3 aromatic carbocycles. The molecule has 0 saturated heterocycles. The van der Waals surface area contributed by atoms with E-state index < -0.39 is 11.9 Å². The number of carbonyl (C=O) groups is 2. The van der Waals surface area contributed by atoms with E-state index in [0.29, 0.717) is 23.6 Å². The number of fused-ring (bicyclic) bond motifs is 1. The number of hydrogen-bond donors (Lipinski definition) is 3. The second-order valence-corrected chi connectivity index (χ2v) is 11.4. The van der Waals surface area contributed by atoms with Crippen molar-refractivity contribution in [1.29, 1.82) is 0 Å². The van der Waals surface area contributed by atoms with E-state index in [2.05, 4.69) is 15.6 Å². The van der Waals surface area contributed by atoms with Gasteiger partial charge in [0.05, 0.1) is 23.2 Å². The summed E-state index contributed by atoms with van der Waals surface area (Å²) >= 11 is 6.66. The summed E-state index contributed by atoms with van der Waals surface area (Å²) in [5.74, 6) is -0.460. The third-order valence-electron chi connectivity index (χ3n) is 6.67. The molecule has 5 rings (SSSR count). The predicted octanol–water partition coefficient (Wildman–Crippen LogP) is 7.08. The molecule has 12 heteroatoms. The number of halogens is 1. The summed E-state index contributed by atoms with van der Waals surface area (Å²) in [6, 6.07) is 24.8. The Labute approximate surface area is 268 Å². The van der Waals surface area contributed by atoms with Crippen LogP contribution in [0.3, 0.4) is 0 Å². The number of thiocarbonyl (C=S) groups is 1. The summed E-state index contributed by atoms with van der Waals surface area (Å²) in [7, 11) is 1.53. The molecule has 230 valence electrons. The maximum absolute atomic E-state index is 15.1. The highest BCUT2D eigenvalue weighted by Gasteiger charge is 2.16. The van der Waals surface area contributed by atoms with Gasteiger partial charge in [-0.25, -0.2) is 9.18 Å². The van der Waals surface area contributed by atoms with Crippen LogP contribution < -0.4 is 15.4 Å². The van der Waals surface area contributed by atoms with Crippen molar-refractivity contribution in [3.05, 3.63) is 108 Å². The quantitative estimate of drug-likeness (QED) is 0.131. The fraction of sp³-hybridized carbons (Fsp3) is 0.152. The third-order valence-corrected chi connectivity index (χ3v) is 8.06. The van der Waals surface area contributed by atoms with Gasteiger partial charge in [0.1, 0.15) is 5.75 Å². The van der Waals surface area contributed by atoms with Crippen LogP contribution in [0.1, 0.15) is 11.1 Å². The van der Waals surface area contributed by atoms with Gasteiger partial charge in [0, 0.05) is 49.1 Å². The molecular weight excluding hydrogens is 616 g/mol. The van der Waals surface area contributed by atoms with Crippen LogP contribution in [0.5, 0.6) is 11.5 Å². The van der Waals surface area contributed by atoms with Crippen molar-refractivity contribution in [2.24, 2.45) is 0 Å². The number of pyridine rings is 1. The lowest BCUT2D eigenvalue weighted by atomic mass is 10.1. The van der Waals surface area contributed by atoms with Gasteiger partial charge in [-0.3, -0.25) is 9.78 Å². The number of rotatable bonds is 11. The lowest BCUT2D eigenvalue weighted by molar-refractivity contribution is -0.119. The van der Waals surface area contributed by atoms with Gasteiger partial charge in [0.15, 0.2) is 16.7 Å². The first kappa shape index (κ1) is 31.5. The second-order valence-electron chi connectivity index (χ2n) is 9.94. The van der Waals surface area contributed by atoms with Crippen LogP contribution >= 0.6 is 23.6 Å². The standard InChI is InChI=1S/C33H29FN4O5S2/c1-42-15-14-38(33(40)41)20-22-8-5-9-23(16-22)29-19-26-31(45-29)28(12-13-35-26)43-27-11-10-24(18-25(27)34)36-32(44)37-30(39)17-21-6-3-2-4-7-21/h2-13,16,18-19H,14-15,17,20H2,1H3,(H,40,41)(H2,36,37,39,44). The molecule has 0 aliphatic heterocycles. The van der Waals surface area contributed by atoms with E-state index in [-0.39, 0.29) is 36.3 Å². The van der Waals surface area contributed by atoms with E-state index in [4.69, 9.17) is 21.7 Å². The number of thiophene rings is 1. The van der Waals surface area contributed by atoms with Crippen molar-refractivity contribution in [2.75, 3.05) is 25.6 Å². The summed E-state index contributed by atoms with van der Waals surface area (Å²) in [6.45, 7) is 0.783. The highest BCUT2D eigenvalue weighted by atomic mass is 32.1.